The van der Waals surface area contributed by atoms with Crippen LogP contribution in [0.4, 0.5) is 18.0 Å². The Morgan fingerprint density at radius 3 is 2.68 bits per heavy atom. The van der Waals surface area contributed by atoms with Gasteiger partial charge in [0.25, 0.3) is 5.91 Å². The molecule has 3 N–H and O–H groups in total. The number of aliphatic imine (C=N–C) groups is 1. The number of hydrogen-bond donors (Lipinski definition) is 2. The van der Waals surface area contributed by atoms with E-state index in [1.54, 1.807) is 0 Å². The first-order chi connectivity index (χ1) is 12.9. The number of aromatic nitrogens is 1. The second kappa shape index (κ2) is 6.94. The number of rotatable bonds is 4. The van der Waals surface area contributed by atoms with Crippen molar-refractivity contribution >= 4 is 39.5 Å². The number of hydrogen-bond acceptors (Lipinski definition) is 7. The number of carbonyl (C=O) groups excluding carboxylic acids is 2. The Balaban J connectivity index is 1.76. The van der Waals surface area contributed by atoms with E-state index in [1.165, 1.54) is 0 Å². The number of fused-ring (bicyclic) bond motifs is 2. The summed E-state index contributed by atoms with van der Waals surface area (Å²) >= 11 is 0.230. The third-order valence-corrected chi connectivity index (χ3v) is 5.27. The molecule has 2 saturated heterocycles. The van der Waals surface area contributed by atoms with Crippen LogP contribution in [0.3, 0.4) is 0 Å². The first-order valence-electron chi connectivity index (χ1n) is 7.55. The first kappa shape index (κ1) is 20.4. The Bertz CT molecular complexity index is 946. The molecular weight excluding hydrogens is 431 g/mol. The van der Waals surface area contributed by atoms with Gasteiger partial charge in [0.1, 0.15) is 11.5 Å². The molecule has 2 aliphatic heterocycles. The molecule has 11 nitrogen and oxygen atoms in total. The van der Waals surface area contributed by atoms with Crippen molar-refractivity contribution in [3.63, 3.8) is 0 Å². The zero-order valence-corrected chi connectivity index (χ0v) is 15.3. The number of hydroxylamine groups is 2. The van der Waals surface area contributed by atoms with Crippen LogP contribution in [-0.2, 0) is 20.9 Å². The van der Waals surface area contributed by atoms with Crippen molar-refractivity contribution in [3.8, 4) is 0 Å². The van der Waals surface area contributed by atoms with Gasteiger partial charge in [-0.3, -0.25) is 9.35 Å². The van der Waals surface area contributed by atoms with Crippen LogP contribution < -0.4 is 5.73 Å². The number of nitrogens with two attached hydrogens (primary N) is 1. The number of piperidine rings is 1. The van der Waals surface area contributed by atoms with Gasteiger partial charge in [0.2, 0.25) is 0 Å². The maximum Gasteiger partial charge on any atom is 0.443 e. The molecule has 2 bridgehead atoms. The predicted octanol–water partition coefficient (Wildman–Crippen LogP) is 0.662. The fourth-order valence-electron chi connectivity index (χ4n) is 2.89. The second-order valence-corrected chi connectivity index (χ2v) is 7.75. The Labute approximate surface area is 159 Å². The van der Waals surface area contributed by atoms with Crippen LogP contribution in [0, 0.1) is 0 Å². The zero-order valence-electron chi connectivity index (χ0n) is 13.7. The molecule has 0 aliphatic carbocycles. The normalized spacial score (nSPS) is 23.4. The minimum absolute atomic E-state index is 0.00163. The molecule has 3 rings (SSSR count). The molecule has 16 heteroatoms. The Morgan fingerprint density at radius 2 is 2.11 bits per heavy atom. The summed E-state index contributed by atoms with van der Waals surface area (Å²) in [5, 5.41) is 0.167. The number of amidine groups is 1. The number of thiazole rings is 1. The average Bonchev–Trinajstić information content (AvgIpc) is 3.15. The minimum Gasteiger partial charge on any atom is -0.385 e. The number of halogens is 3. The van der Waals surface area contributed by atoms with E-state index in [1.807, 2.05) is 0 Å². The third kappa shape index (κ3) is 4.08. The lowest BCUT2D eigenvalue weighted by Crippen LogP contribution is -2.48. The fraction of sp³-hybridized carbons (Fsp3) is 0.500. The highest BCUT2D eigenvalue weighted by molar-refractivity contribution is 7.80. The number of nitrogens with zero attached hydrogens (tertiary/aromatic N) is 4. The van der Waals surface area contributed by atoms with E-state index in [-0.39, 0.29) is 36.6 Å². The third-order valence-electron chi connectivity index (χ3n) is 4.04. The van der Waals surface area contributed by atoms with Gasteiger partial charge in [0.15, 0.2) is 5.01 Å². The maximum atomic E-state index is 12.6. The van der Waals surface area contributed by atoms with Crippen molar-refractivity contribution in [1.82, 2.24) is 14.9 Å². The van der Waals surface area contributed by atoms with Crippen LogP contribution in [0.15, 0.2) is 10.4 Å². The molecule has 1 aromatic rings. The lowest BCUT2D eigenvalue weighted by Gasteiger charge is -2.29. The van der Waals surface area contributed by atoms with Crippen LogP contribution in [0.2, 0.25) is 0 Å². The van der Waals surface area contributed by atoms with Crippen LogP contribution in [0.25, 0.3) is 0 Å². The summed E-state index contributed by atoms with van der Waals surface area (Å²) in [7, 11) is -4.92. The largest absolute Gasteiger partial charge is 0.443 e. The molecule has 2 atom stereocenters. The lowest BCUT2D eigenvalue weighted by atomic mass is 10.0. The molecule has 2 fully saturated rings. The molecule has 1 aromatic heterocycles. The predicted molar refractivity (Wildman–Crippen MR) is 86.5 cm³/mol. The molecule has 3 amide bonds. The Hall–Kier alpha value is -2.30. The summed E-state index contributed by atoms with van der Waals surface area (Å²) in [6.45, 7) is -0.00163. The summed E-state index contributed by atoms with van der Waals surface area (Å²) < 4.78 is 72.4. The highest BCUT2D eigenvalue weighted by Crippen LogP contribution is 2.32. The topological polar surface area (TPSA) is 155 Å². The van der Waals surface area contributed by atoms with Gasteiger partial charge in [0, 0.05) is 11.9 Å². The highest BCUT2D eigenvalue weighted by atomic mass is 32.3. The maximum absolute atomic E-state index is 12.6. The Kier molecular flexibility index (Phi) is 5.07. The molecule has 154 valence electrons. The van der Waals surface area contributed by atoms with E-state index in [9.17, 15) is 31.2 Å². The lowest BCUT2D eigenvalue weighted by molar-refractivity contribution is -0.137. The van der Waals surface area contributed by atoms with Gasteiger partial charge in [-0.15, -0.1) is 15.6 Å². The molecular formula is C12H12F3N5O6S2. The Morgan fingerprint density at radius 1 is 1.43 bits per heavy atom. The van der Waals surface area contributed by atoms with Gasteiger partial charge in [-0.25, -0.2) is 9.78 Å². The smallest absolute Gasteiger partial charge is 0.385 e. The molecule has 0 unspecified atom stereocenters. The quantitative estimate of drug-likeness (QED) is 0.391. The van der Waals surface area contributed by atoms with Crippen molar-refractivity contribution in [3.05, 3.63) is 16.1 Å². The number of amides is 3. The number of alkyl halides is 3. The van der Waals surface area contributed by atoms with Gasteiger partial charge in [0.05, 0.1) is 12.1 Å². The number of carbonyl (C=O) groups is 2. The van der Waals surface area contributed by atoms with Crippen LogP contribution in [0.5, 0.6) is 0 Å². The minimum atomic E-state index is -4.92. The molecule has 2 aliphatic rings. The molecule has 0 aromatic carbocycles. The van der Waals surface area contributed by atoms with Crippen LogP contribution in [-0.4, -0.2) is 64.3 Å². The monoisotopic (exact) mass is 443 g/mol. The SMILES string of the molecule is NC(=NC(=O)c1csc(C(F)(F)F)n1)[C@@H]1CC[C@@H]2CN1C(=O)N2OS(=O)(=O)O. The van der Waals surface area contributed by atoms with E-state index >= 15 is 0 Å². The van der Waals surface area contributed by atoms with Gasteiger partial charge in [-0.1, -0.05) is 0 Å². The summed E-state index contributed by atoms with van der Waals surface area (Å²) in [4.78, 5) is 32.1. The van der Waals surface area contributed by atoms with Gasteiger partial charge in [-0.2, -0.15) is 31.6 Å². The zero-order chi connectivity index (χ0) is 20.9. The van der Waals surface area contributed by atoms with Gasteiger partial charge < -0.3 is 10.6 Å². The van der Waals surface area contributed by atoms with Crippen molar-refractivity contribution in [2.45, 2.75) is 31.1 Å². The van der Waals surface area contributed by atoms with E-state index in [4.69, 9.17) is 10.3 Å². The average molecular weight is 443 g/mol. The van der Waals surface area contributed by atoms with Crippen molar-refractivity contribution in [1.29, 1.82) is 0 Å². The van der Waals surface area contributed by atoms with E-state index in [0.717, 1.165) is 10.3 Å². The van der Waals surface area contributed by atoms with E-state index in [2.05, 4.69) is 14.3 Å². The van der Waals surface area contributed by atoms with Crippen molar-refractivity contribution < 1.29 is 40.0 Å². The first-order valence-corrected chi connectivity index (χ1v) is 9.79. The molecule has 3 heterocycles. The van der Waals surface area contributed by atoms with Crippen molar-refractivity contribution in [2.24, 2.45) is 10.7 Å². The standard InChI is InChI=1S/C12H12F3N5O6S2/c13-12(14,15)10-17-6(4-27-10)9(21)18-8(16)7-2-1-5-3-19(7)11(22)20(5)26-28(23,24)25/h4-5,7H,1-3H2,(H2,16,18,21)(H,23,24,25)/t5-,7+/m1/s1. The molecule has 28 heavy (non-hydrogen) atoms. The van der Waals surface area contributed by atoms with E-state index < -0.39 is 51.3 Å². The highest BCUT2D eigenvalue weighted by Gasteiger charge is 2.48. The van der Waals surface area contributed by atoms with Crippen molar-refractivity contribution in [2.75, 3.05) is 6.54 Å². The summed E-state index contributed by atoms with van der Waals surface area (Å²) in [5.41, 5.74) is 5.22. The molecule has 0 radical (unpaired) electrons. The van der Waals surface area contributed by atoms with E-state index in [0.29, 0.717) is 5.06 Å². The van der Waals surface area contributed by atoms with Crippen LogP contribution in [0.1, 0.15) is 28.3 Å². The van der Waals surface area contributed by atoms with Gasteiger partial charge >= 0.3 is 22.6 Å². The second-order valence-electron chi connectivity index (χ2n) is 5.89. The summed E-state index contributed by atoms with van der Waals surface area (Å²) in [6.07, 6.45) is -4.29. The molecule has 0 saturated carbocycles. The summed E-state index contributed by atoms with van der Waals surface area (Å²) in [5.74, 6) is -1.45. The number of urea groups is 1. The fourth-order valence-corrected chi connectivity index (χ4v) is 3.94. The van der Waals surface area contributed by atoms with Crippen LogP contribution >= 0.6 is 11.3 Å². The summed E-state index contributed by atoms with van der Waals surface area (Å²) in [6, 6.07) is -2.48. The van der Waals surface area contributed by atoms with Gasteiger partial charge in [-0.05, 0) is 12.8 Å². The molecule has 0 spiro atoms.